The van der Waals surface area contributed by atoms with E-state index in [-0.39, 0.29) is 31.4 Å². The van der Waals surface area contributed by atoms with Gasteiger partial charge in [0.05, 0.1) is 42.8 Å². The Bertz CT molecular complexity index is 1430. The van der Waals surface area contributed by atoms with E-state index in [1.807, 2.05) is 13.1 Å². The number of ether oxygens (including phenoxy) is 1. The number of hydrogen-bond donors (Lipinski definition) is 1. The fraction of sp³-hybridized carbons (Fsp3) is 0.308. The van der Waals surface area contributed by atoms with Crippen LogP contribution in [0.15, 0.2) is 49.1 Å². The molecular formula is C26H29N7O4. The van der Waals surface area contributed by atoms with Gasteiger partial charge in [-0.05, 0) is 43.2 Å². The summed E-state index contributed by atoms with van der Waals surface area (Å²) < 4.78 is 8.56. The number of nitriles is 1. The van der Waals surface area contributed by atoms with Crippen molar-refractivity contribution in [2.45, 2.75) is 26.8 Å². The standard InChI is InChI=1S/C18H22N4O3.C8H7N3O/c1-4-14-11-22(12-17(24)21(2)7-8-23)20-18(14)15-9-13(10-19)5-6-16(15)25-3;1-6(12)7-5-10-11-4-2-3-9-8(7)11/h5-6,9,11,23H,4,7-8,12H2,1-3H3;2-5H,1H3. The van der Waals surface area contributed by atoms with E-state index in [1.54, 1.807) is 60.0 Å². The van der Waals surface area contributed by atoms with E-state index in [0.717, 1.165) is 17.5 Å². The number of nitrogens with zero attached hydrogens (tertiary/aromatic N) is 7. The highest BCUT2D eigenvalue weighted by atomic mass is 16.5. The van der Waals surface area contributed by atoms with Crippen LogP contribution in [-0.4, -0.2) is 73.4 Å². The number of fused-ring (bicyclic) bond motifs is 1. The quantitative estimate of drug-likeness (QED) is 0.362. The van der Waals surface area contributed by atoms with Gasteiger partial charge in [0.2, 0.25) is 5.91 Å². The molecule has 192 valence electrons. The van der Waals surface area contributed by atoms with Gasteiger partial charge in [-0.3, -0.25) is 14.3 Å². The zero-order valence-electron chi connectivity index (χ0n) is 21.2. The Balaban J connectivity index is 0.000000262. The Hall–Kier alpha value is -4.56. The van der Waals surface area contributed by atoms with Crippen molar-refractivity contribution in [3.05, 3.63) is 65.7 Å². The Morgan fingerprint density at radius 3 is 2.73 bits per heavy atom. The number of likely N-dealkylation sites (N-methyl/N-ethyl adjacent to an activating group) is 1. The molecule has 0 aliphatic rings. The van der Waals surface area contributed by atoms with Crippen molar-refractivity contribution >= 4 is 17.3 Å². The number of aryl methyl sites for hydroxylation is 1. The van der Waals surface area contributed by atoms with Gasteiger partial charge in [-0.2, -0.15) is 15.5 Å². The minimum Gasteiger partial charge on any atom is -0.496 e. The monoisotopic (exact) mass is 503 g/mol. The first kappa shape index (κ1) is 27.0. The number of ketones is 1. The highest BCUT2D eigenvalue weighted by molar-refractivity contribution is 5.99. The first-order valence-electron chi connectivity index (χ1n) is 11.6. The molecule has 1 N–H and O–H groups in total. The van der Waals surface area contributed by atoms with Crippen molar-refractivity contribution in [3.63, 3.8) is 0 Å². The van der Waals surface area contributed by atoms with E-state index in [9.17, 15) is 9.59 Å². The second kappa shape index (κ2) is 12.4. The normalized spacial score (nSPS) is 10.4. The van der Waals surface area contributed by atoms with Crippen LogP contribution >= 0.6 is 0 Å². The van der Waals surface area contributed by atoms with Crippen LogP contribution in [0.25, 0.3) is 16.9 Å². The van der Waals surface area contributed by atoms with Crippen molar-refractivity contribution in [1.82, 2.24) is 29.3 Å². The molecule has 0 bridgehead atoms. The zero-order valence-corrected chi connectivity index (χ0v) is 21.2. The fourth-order valence-electron chi connectivity index (χ4n) is 3.60. The van der Waals surface area contributed by atoms with Crippen molar-refractivity contribution in [2.24, 2.45) is 0 Å². The lowest BCUT2D eigenvalue weighted by Gasteiger charge is -2.15. The molecule has 11 heteroatoms. The maximum atomic E-state index is 12.2. The Kier molecular flexibility index (Phi) is 9.07. The number of hydrogen-bond acceptors (Lipinski definition) is 8. The summed E-state index contributed by atoms with van der Waals surface area (Å²) in [5.74, 6) is 0.481. The lowest BCUT2D eigenvalue weighted by Crippen LogP contribution is -2.32. The van der Waals surface area contributed by atoms with Crippen LogP contribution in [0.2, 0.25) is 0 Å². The average molecular weight is 504 g/mol. The molecule has 3 heterocycles. The minimum atomic E-state index is -0.136. The first-order valence-corrected chi connectivity index (χ1v) is 11.6. The van der Waals surface area contributed by atoms with Gasteiger partial charge in [-0.1, -0.05) is 6.92 Å². The zero-order chi connectivity index (χ0) is 26.9. The van der Waals surface area contributed by atoms with E-state index in [1.165, 1.54) is 18.0 Å². The molecule has 1 aromatic carbocycles. The molecule has 11 nitrogen and oxygen atoms in total. The molecule has 3 aromatic heterocycles. The van der Waals surface area contributed by atoms with E-state index < -0.39 is 0 Å². The number of methoxy groups -OCH3 is 1. The van der Waals surface area contributed by atoms with Gasteiger partial charge >= 0.3 is 0 Å². The van der Waals surface area contributed by atoms with E-state index in [0.29, 0.717) is 28.2 Å². The molecule has 1 amide bonds. The minimum absolute atomic E-state index is 0.0105. The summed E-state index contributed by atoms with van der Waals surface area (Å²) in [5.41, 5.74) is 4.10. The van der Waals surface area contributed by atoms with Gasteiger partial charge in [0.1, 0.15) is 12.3 Å². The number of benzene rings is 1. The topological polar surface area (TPSA) is 139 Å². The van der Waals surface area contributed by atoms with E-state index in [2.05, 4.69) is 21.3 Å². The highest BCUT2D eigenvalue weighted by Crippen LogP contribution is 2.32. The number of carbonyl (C=O) groups is 2. The molecule has 0 atom stereocenters. The molecule has 0 saturated carbocycles. The molecule has 0 fully saturated rings. The van der Waals surface area contributed by atoms with Crippen molar-refractivity contribution in [3.8, 4) is 23.1 Å². The van der Waals surface area contributed by atoms with Crippen LogP contribution in [-0.2, 0) is 17.8 Å². The predicted octanol–water partition coefficient (Wildman–Crippen LogP) is 2.38. The van der Waals surface area contributed by atoms with Gasteiger partial charge in [-0.15, -0.1) is 0 Å². The smallest absolute Gasteiger partial charge is 0.244 e. The molecule has 37 heavy (non-hydrogen) atoms. The van der Waals surface area contributed by atoms with E-state index in [4.69, 9.17) is 15.1 Å². The summed E-state index contributed by atoms with van der Waals surface area (Å²) >= 11 is 0. The van der Waals surface area contributed by atoms with Crippen molar-refractivity contribution < 1.29 is 19.4 Å². The number of aliphatic hydroxyl groups excluding tert-OH is 1. The van der Waals surface area contributed by atoms with Gasteiger partial charge in [0.25, 0.3) is 0 Å². The molecule has 0 unspecified atom stereocenters. The maximum Gasteiger partial charge on any atom is 0.244 e. The summed E-state index contributed by atoms with van der Waals surface area (Å²) in [6.45, 7) is 3.80. The van der Waals surface area contributed by atoms with Gasteiger partial charge in [0.15, 0.2) is 11.4 Å². The van der Waals surface area contributed by atoms with Crippen LogP contribution in [0.1, 0.15) is 35.3 Å². The fourth-order valence-corrected chi connectivity index (χ4v) is 3.60. The van der Waals surface area contributed by atoms with E-state index >= 15 is 0 Å². The summed E-state index contributed by atoms with van der Waals surface area (Å²) in [6, 6.07) is 9.06. The lowest BCUT2D eigenvalue weighted by atomic mass is 10.0. The number of rotatable bonds is 8. The van der Waals surface area contributed by atoms with Crippen molar-refractivity contribution in [2.75, 3.05) is 27.3 Å². The summed E-state index contributed by atoms with van der Waals surface area (Å²) in [4.78, 5) is 28.7. The number of amides is 1. The first-order chi connectivity index (χ1) is 17.8. The SMILES string of the molecule is CC(=O)c1cnn2cccnc12.CCc1cn(CC(=O)N(C)CCO)nc1-c1cc(C#N)ccc1OC. The van der Waals surface area contributed by atoms with Crippen LogP contribution in [0.5, 0.6) is 5.75 Å². The molecule has 4 rings (SSSR count). The van der Waals surface area contributed by atoms with Crippen molar-refractivity contribution in [1.29, 1.82) is 5.26 Å². The molecule has 0 aliphatic carbocycles. The van der Waals surface area contributed by atoms with Crippen LogP contribution < -0.4 is 4.74 Å². The van der Waals surface area contributed by atoms with Gasteiger partial charge in [0, 0.05) is 37.7 Å². The molecular weight excluding hydrogens is 474 g/mol. The molecule has 0 spiro atoms. The number of aliphatic hydroxyl groups is 1. The van der Waals surface area contributed by atoms with Gasteiger partial charge in [-0.25, -0.2) is 9.50 Å². The number of Topliss-reactive ketones (excluding diaryl/α,β-unsaturated/α-hetero) is 1. The molecule has 0 aliphatic heterocycles. The Labute approximate surface area is 214 Å². The maximum absolute atomic E-state index is 12.2. The molecule has 4 aromatic rings. The Morgan fingerprint density at radius 2 is 2.08 bits per heavy atom. The highest BCUT2D eigenvalue weighted by Gasteiger charge is 2.17. The second-order valence-electron chi connectivity index (χ2n) is 8.12. The predicted molar refractivity (Wildman–Crippen MR) is 136 cm³/mol. The average Bonchev–Trinajstić information content (AvgIpc) is 3.53. The summed E-state index contributed by atoms with van der Waals surface area (Å²) in [5, 5.41) is 26.6. The number of aromatic nitrogens is 5. The van der Waals surface area contributed by atoms with Crippen LogP contribution in [0.3, 0.4) is 0 Å². The summed E-state index contributed by atoms with van der Waals surface area (Å²) in [6.07, 6.45) is 7.50. The third-order valence-electron chi connectivity index (χ3n) is 5.62. The molecule has 0 saturated heterocycles. The number of carbonyl (C=O) groups excluding carboxylic acids is 2. The lowest BCUT2D eigenvalue weighted by molar-refractivity contribution is -0.131. The second-order valence-corrected chi connectivity index (χ2v) is 8.12. The van der Waals surface area contributed by atoms with Crippen LogP contribution in [0, 0.1) is 11.3 Å². The van der Waals surface area contributed by atoms with Crippen LogP contribution in [0.4, 0.5) is 0 Å². The largest absolute Gasteiger partial charge is 0.496 e. The third kappa shape index (κ3) is 6.36. The third-order valence-corrected chi connectivity index (χ3v) is 5.62. The van der Waals surface area contributed by atoms with Gasteiger partial charge < -0.3 is 14.7 Å². The Morgan fingerprint density at radius 1 is 1.30 bits per heavy atom. The summed E-state index contributed by atoms with van der Waals surface area (Å²) in [7, 11) is 3.21. The molecule has 0 radical (unpaired) electrons.